The van der Waals surface area contributed by atoms with Gasteiger partial charge in [-0.05, 0) is 22.0 Å². The van der Waals surface area contributed by atoms with Crippen molar-refractivity contribution in [3.63, 3.8) is 0 Å². The minimum absolute atomic E-state index is 0.406. The molecule has 3 nitrogen and oxygen atoms in total. The zero-order chi connectivity index (χ0) is 7.56. The second-order valence-corrected chi connectivity index (χ2v) is 2.65. The Kier molecular flexibility index (Phi) is 2.11. The van der Waals surface area contributed by atoms with Crippen molar-refractivity contribution < 1.29 is 14.7 Å². The lowest BCUT2D eigenvalue weighted by Crippen LogP contribution is -2.31. The van der Waals surface area contributed by atoms with Gasteiger partial charge in [0.1, 0.15) is 0 Å². The lowest BCUT2D eigenvalue weighted by Gasteiger charge is -1.92. The number of pyridine rings is 1. The molecule has 0 spiro atoms. The maximum Gasteiger partial charge on any atom is 0.416 e. The van der Waals surface area contributed by atoms with E-state index in [1.54, 1.807) is 12.1 Å². The quantitative estimate of drug-likeness (QED) is 0.547. The van der Waals surface area contributed by atoms with Gasteiger partial charge in [-0.3, -0.25) is 5.21 Å². The molecule has 1 rings (SSSR count). The highest BCUT2D eigenvalue weighted by Gasteiger charge is 2.08. The molecule has 1 heterocycles. The number of hydrogen-bond acceptors (Lipinski definition) is 2. The van der Waals surface area contributed by atoms with Crippen LogP contribution in [-0.4, -0.2) is 12.3 Å². The standard InChI is InChI=1S/C6H7BrNO2/c1-10-6-3-2-5(7)4-8(6)9/h2-4,9H,1H3/q+1. The van der Waals surface area contributed by atoms with Gasteiger partial charge in [-0.1, -0.05) is 0 Å². The first-order valence-corrected chi connectivity index (χ1v) is 3.48. The SMILES string of the molecule is COc1ccc(Br)c[n+]1O. The molecule has 0 aliphatic carbocycles. The molecule has 0 saturated carbocycles. The summed E-state index contributed by atoms with van der Waals surface area (Å²) >= 11 is 3.19. The molecule has 0 saturated heterocycles. The molecule has 1 N–H and O–H groups in total. The normalized spacial score (nSPS) is 9.40. The molecule has 0 atom stereocenters. The van der Waals surface area contributed by atoms with E-state index in [1.165, 1.54) is 13.3 Å². The summed E-state index contributed by atoms with van der Waals surface area (Å²) in [5, 5.41) is 9.05. The molecule has 0 fully saturated rings. The van der Waals surface area contributed by atoms with Crippen molar-refractivity contribution in [2.45, 2.75) is 0 Å². The molecular formula is C6H7BrNO2+. The van der Waals surface area contributed by atoms with Crippen molar-refractivity contribution in [1.82, 2.24) is 0 Å². The Morgan fingerprint density at radius 2 is 2.30 bits per heavy atom. The van der Waals surface area contributed by atoms with Crippen LogP contribution in [0.25, 0.3) is 0 Å². The highest BCUT2D eigenvalue weighted by molar-refractivity contribution is 9.10. The van der Waals surface area contributed by atoms with Crippen molar-refractivity contribution in [3.05, 3.63) is 22.8 Å². The van der Waals surface area contributed by atoms with E-state index in [2.05, 4.69) is 15.9 Å². The lowest BCUT2D eigenvalue weighted by atomic mass is 10.5. The van der Waals surface area contributed by atoms with Gasteiger partial charge in [-0.25, -0.2) is 0 Å². The number of nitrogens with zero attached hydrogens (tertiary/aromatic N) is 1. The first kappa shape index (κ1) is 7.34. The predicted molar refractivity (Wildman–Crippen MR) is 38.1 cm³/mol. The van der Waals surface area contributed by atoms with Crippen molar-refractivity contribution in [3.8, 4) is 5.88 Å². The number of ether oxygens (including phenoxy) is 1. The number of aromatic nitrogens is 1. The second kappa shape index (κ2) is 2.88. The Balaban J connectivity index is 3.07. The maximum atomic E-state index is 9.05. The Morgan fingerprint density at radius 1 is 1.60 bits per heavy atom. The van der Waals surface area contributed by atoms with Crippen LogP contribution in [0, 0.1) is 0 Å². The molecule has 1 aromatic heterocycles. The van der Waals surface area contributed by atoms with Crippen molar-refractivity contribution in [2.24, 2.45) is 0 Å². The first-order chi connectivity index (χ1) is 4.74. The van der Waals surface area contributed by atoms with E-state index in [9.17, 15) is 0 Å². The van der Waals surface area contributed by atoms with E-state index < -0.39 is 0 Å². The van der Waals surface area contributed by atoms with Crippen LogP contribution in [0.4, 0.5) is 0 Å². The van der Waals surface area contributed by atoms with Gasteiger partial charge in [0.2, 0.25) is 6.20 Å². The van der Waals surface area contributed by atoms with Gasteiger partial charge in [0, 0.05) is 4.73 Å². The fraction of sp³-hybridized carbons (Fsp3) is 0.167. The number of hydrogen-bond donors (Lipinski definition) is 1. The molecule has 0 radical (unpaired) electrons. The summed E-state index contributed by atoms with van der Waals surface area (Å²) in [6.07, 6.45) is 1.50. The third-order valence-corrected chi connectivity index (χ3v) is 1.53. The van der Waals surface area contributed by atoms with Crippen LogP contribution < -0.4 is 9.47 Å². The summed E-state index contributed by atoms with van der Waals surface area (Å²) in [7, 11) is 1.50. The molecule has 0 amide bonds. The Labute approximate surface area is 67.0 Å². The zero-order valence-electron chi connectivity index (χ0n) is 5.41. The number of rotatable bonds is 1. The number of methoxy groups -OCH3 is 1. The Bertz CT molecular complexity index is 239. The minimum Gasteiger partial charge on any atom is -0.445 e. The molecule has 4 heteroatoms. The van der Waals surface area contributed by atoms with E-state index in [4.69, 9.17) is 9.94 Å². The Hall–Kier alpha value is -0.770. The van der Waals surface area contributed by atoms with Gasteiger partial charge >= 0.3 is 5.88 Å². The third-order valence-electron chi connectivity index (χ3n) is 1.07. The van der Waals surface area contributed by atoms with Crippen LogP contribution in [0.5, 0.6) is 5.88 Å². The first-order valence-electron chi connectivity index (χ1n) is 2.68. The summed E-state index contributed by atoms with van der Waals surface area (Å²) in [6.45, 7) is 0. The van der Waals surface area contributed by atoms with Crippen molar-refractivity contribution in [1.29, 1.82) is 0 Å². The largest absolute Gasteiger partial charge is 0.445 e. The molecule has 0 aliphatic rings. The van der Waals surface area contributed by atoms with Crippen molar-refractivity contribution >= 4 is 15.9 Å². The summed E-state index contributed by atoms with van der Waals surface area (Å²) in [4.78, 5) is 0. The fourth-order valence-electron chi connectivity index (χ4n) is 0.612. The van der Waals surface area contributed by atoms with E-state index >= 15 is 0 Å². The van der Waals surface area contributed by atoms with Gasteiger partial charge in [0.05, 0.1) is 17.6 Å². The smallest absolute Gasteiger partial charge is 0.416 e. The number of halogens is 1. The zero-order valence-corrected chi connectivity index (χ0v) is 7.00. The van der Waals surface area contributed by atoms with E-state index in [0.717, 1.165) is 9.20 Å². The second-order valence-electron chi connectivity index (χ2n) is 1.73. The van der Waals surface area contributed by atoms with Gasteiger partial charge in [-0.15, -0.1) is 0 Å². The average Bonchev–Trinajstić information content (AvgIpc) is 1.88. The van der Waals surface area contributed by atoms with Gasteiger partial charge in [0.25, 0.3) is 0 Å². The minimum atomic E-state index is 0.406. The maximum absolute atomic E-state index is 9.05. The highest BCUT2D eigenvalue weighted by atomic mass is 79.9. The van der Waals surface area contributed by atoms with E-state index in [-0.39, 0.29) is 0 Å². The lowest BCUT2D eigenvalue weighted by molar-refractivity contribution is -0.906. The molecule has 0 unspecified atom stereocenters. The van der Waals surface area contributed by atoms with Crippen LogP contribution in [0.1, 0.15) is 0 Å². The third kappa shape index (κ3) is 1.39. The van der Waals surface area contributed by atoms with Crippen LogP contribution >= 0.6 is 15.9 Å². The summed E-state index contributed by atoms with van der Waals surface area (Å²) < 4.78 is 6.50. The fourth-order valence-corrected chi connectivity index (χ4v) is 0.938. The van der Waals surface area contributed by atoms with Crippen LogP contribution in [0.15, 0.2) is 22.8 Å². The molecule has 0 aliphatic heterocycles. The van der Waals surface area contributed by atoms with Crippen LogP contribution in [-0.2, 0) is 0 Å². The molecule has 54 valence electrons. The summed E-state index contributed by atoms with van der Waals surface area (Å²) in [5.41, 5.74) is 0. The molecule has 0 bridgehead atoms. The topological polar surface area (TPSA) is 33.3 Å². The average molecular weight is 205 g/mol. The molecule has 1 aromatic rings. The predicted octanol–water partition coefficient (Wildman–Crippen LogP) is 0.982. The monoisotopic (exact) mass is 204 g/mol. The summed E-state index contributed by atoms with van der Waals surface area (Å²) in [6, 6.07) is 3.44. The van der Waals surface area contributed by atoms with Gasteiger partial charge in [0.15, 0.2) is 0 Å². The molecular weight excluding hydrogens is 198 g/mol. The molecule has 10 heavy (non-hydrogen) atoms. The van der Waals surface area contributed by atoms with E-state index in [1.807, 2.05) is 0 Å². The van der Waals surface area contributed by atoms with E-state index in [0.29, 0.717) is 5.88 Å². The molecule has 0 aromatic carbocycles. The van der Waals surface area contributed by atoms with Crippen molar-refractivity contribution in [2.75, 3.05) is 7.11 Å². The van der Waals surface area contributed by atoms with Gasteiger partial charge < -0.3 is 4.74 Å². The van der Waals surface area contributed by atoms with Crippen LogP contribution in [0.2, 0.25) is 0 Å². The van der Waals surface area contributed by atoms with Gasteiger partial charge in [-0.2, -0.15) is 0 Å². The summed E-state index contributed by atoms with van der Waals surface area (Å²) in [5.74, 6) is 0.406. The highest BCUT2D eigenvalue weighted by Crippen LogP contribution is 2.08. The Morgan fingerprint density at radius 3 is 2.80 bits per heavy atom. The van der Waals surface area contributed by atoms with Crippen LogP contribution in [0.3, 0.4) is 0 Å².